The van der Waals surface area contributed by atoms with Crippen LogP contribution in [0.3, 0.4) is 0 Å². The fraction of sp³-hybridized carbons (Fsp3) is 0.125. The second-order valence-electron chi connectivity index (χ2n) is 6.77. The number of hydrogen-bond donors (Lipinski definition) is 2. The number of anilines is 4. The third-order valence-corrected chi connectivity index (χ3v) is 4.58. The average molecular weight is 413 g/mol. The van der Waals surface area contributed by atoms with Gasteiger partial charge in [0.1, 0.15) is 17.3 Å². The molecule has 1 heterocycles. The third-order valence-electron chi connectivity index (χ3n) is 4.58. The van der Waals surface area contributed by atoms with Crippen molar-refractivity contribution in [1.82, 2.24) is 15.0 Å². The number of para-hydroxylation sites is 1. The normalized spacial score (nSPS) is 10.4. The Labute approximate surface area is 181 Å². The van der Waals surface area contributed by atoms with E-state index in [0.29, 0.717) is 24.1 Å². The van der Waals surface area contributed by atoms with Gasteiger partial charge in [-0.15, -0.1) is 0 Å². The summed E-state index contributed by atoms with van der Waals surface area (Å²) in [6.07, 6.45) is 0.563. The molecule has 0 bridgehead atoms. The maximum absolute atomic E-state index is 5.24. The summed E-state index contributed by atoms with van der Waals surface area (Å²) in [5.41, 5.74) is 2.83. The van der Waals surface area contributed by atoms with E-state index < -0.39 is 0 Å². The molecule has 31 heavy (non-hydrogen) atoms. The maximum Gasteiger partial charge on any atom is 0.232 e. The molecule has 4 rings (SSSR count). The van der Waals surface area contributed by atoms with Crippen LogP contribution in [0.5, 0.6) is 11.5 Å². The Morgan fingerprint density at radius 2 is 1.13 bits per heavy atom. The van der Waals surface area contributed by atoms with Crippen molar-refractivity contribution < 1.29 is 9.47 Å². The Hall–Kier alpha value is -4.13. The molecule has 0 radical (unpaired) electrons. The van der Waals surface area contributed by atoms with Gasteiger partial charge in [-0.2, -0.15) is 15.0 Å². The van der Waals surface area contributed by atoms with Crippen LogP contribution in [-0.4, -0.2) is 29.2 Å². The standard InChI is InChI=1S/C24H23N5O2/c1-30-20-12-8-17(9-13-20)16-22-27-23(25-18-6-4-3-5-7-18)29-24(28-22)26-19-10-14-21(31-2)15-11-19/h3-15H,16H2,1-2H3,(H2,25,26,27,28,29). The van der Waals surface area contributed by atoms with Crippen molar-refractivity contribution in [3.63, 3.8) is 0 Å². The summed E-state index contributed by atoms with van der Waals surface area (Å²) in [7, 11) is 3.29. The molecule has 0 unspecified atom stereocenters. The molecule has 0 saturated carbocycles. The summed E-state index contributed by atoms with van der Waals surface area (Å²) in [4.78, 5) is 13.8. The molecule has 156 valence electrons. The van der Waals surface area contributed by atoms with Gasteiger partial charge in [-0.1, -0.05) is 30.3 Å². The van der Waals surface area contributed by atoms with Crippen molar-refractivity contribution in [2.75, 3.05) is 24.9 Å². The Kier molecular flexibility index (Phi) is 6.23. The van der Waals surface area contributed by atoms with Gasteiger partial charge in [0.2, 0.25) is 11.9 Å². The van der Waals surface area contributed by atoms with Crippen LogP contribution < -0.4 is 20.1 Å². The highest BCUT2D eigenvalue weighted by molar-refractivity contribution is 5.58. The van der Waals surface area contributed by atoms with Crippen LogP contribution >= 0.6 is 0 Å². The highest BCUT2D eigenvalue weighted by Gasteiger charge is 2.09. The van der Waals surface area contributed by atoms with E-state index >= 15 is 0 Å². The molecule has 1 aromatic heterocycles. The van der Waals surface area contributed by atoms with E-state index in [-0.39, 0.29) is 0 Å². The molecule has 7 heteroatoms. The first-order chi connectivity index (χ1) is 15.2. The first-order valence-electron chi connectivity index (χ1n) is 9.83. The number of methoxy groups -OCH3 is 2. The zero-order chi connectivity index (χ0) is 21.5. The molecule has 2 N–H and O–H groups in total. The van der Waals surface area contributed by atoms with E-state index in [2.05, 4.69) is 25.6 Å². The smallest absolute Gasteiger partial charge is 0.232 e. The molecule has 0 aliphatic carbocycles. The summed E-state index contributed by atoms with van der Waals surface area (Å²) in [5, 5.41) is 6.50. The number of nitrogens with zero attached hydrogens (tertiary/aromatic N) is 3. The topological polar surface area (TPSA) is 81.2 Å². The second kappa shape index (κ2) is 9.58. The van der Waals surface area contributed by atoms with Crippen molar-refractivity contribution >= 4 is 23.3 Å². The molecule has 0 spiro atoms. The van der Waals surface area contributed by atoms with Crippen molar-refractivity contribution in [3.8, 4) is 11.5 Å². The van der Waals surface area contributed by atoms with Crippen molar-refractivity contribution in [3.05, 3.63) is 90.3 Å². The number of ether oxygens (including phenoxy) is 2. The van der Waals surface area contributed by atoms with Crippen molar-refractivity contribution in [2.24, 2.45) is 0 Å². The van der Waals surface area contributed by atoms with Crippen LogP contribution in [0.4, 0.5) is 23.3 Å². The Balaban J connectivity index is 1.61. The Bertz CT molecular complexity index is 1050. The zero-order valence-corrected chi connectivity index (χ0v) is 17.4. The molecule has 0 saturated heterocycles. The molecule has 0 amide bonds. The van der Waals surface area contributed by atoms with Gasteiger partial charge in [-0.3, -0.25) is 0 Å². The molecule has 0 fully saturated rings. The van der Waals surface area contributed by atoms with Crippen molar-refractivity contribution in [1.29, 1.82) is 0 Å². The molecule has 4 aromatic rings. The maximum atomic E-state index is 5.24. The quantitative estimate of drug-likeness (QED) is 0.422. The van der Waals surface area contributed by atoms with Crippen LogP contribution in [0.25, 0.3) is 0 Å². The summed E-state index contributed by atoms with van der Waals surface area (Å²) in [5.74, 6) is 3.18. The minimum Gasteiger partial charge on any atom is -0.497 e. The number of aromatic nitrogens is 3. The number of rotatable bonds is 8. The first-order valence-corrected chi connectivity index (χ1v) is 9.83. The SMILES string of the molecule is COc1ccc(Cc2nc(Nc3ccccc3)nc(Nc3ccc(OC)cc3)n2)cc1. The molecule has 7 nitrogen and oxygen atoms in total. The number of nitrogens with one attached hydrogen (secondary N) is 2. The second-order valence-corrected chi connectivity index (χ2v) is 6.77. The van der Waals surface area contributed by atoms with Gasteiger partial charge in [0.05, 0.1) is 14.2 Å². The highest BCUT2D eigenvalue weighted by atomic mass is 16.5. The van der Waals surface area contributed by atoms with Crippen LogP contribution in [0.1, 0.15) is 11.4 Å². The highest BCUT2D eigenvalue weighted by Crippen LogP contribution is 2.21. The van der Waals surface area contributed by atoms with E-state index in [0.717, 1.165) is 28.4 Å². The summed E-state index contributed by atoms with van der Waals surface area (Å²) in [6.45, 7) is 0. The fourth-order valence-corrected chi connectivity index (χ4v) is 2.99. The number of benzene rings is 3. The minimum absolute atomic E-state index is 0.460. The van der Waals surface area contributed by atoms with Gasteiger partial charge in [0, 0.05) is 17.8 Å². The lowest BCUT2D eigenvalue weighted by atomic mass is 10.1. The van der Waals surface area contributed by atoms with Gasteiger partial charge in [-0.05, 0) is 54.1 Å². The van der Waals surface area contributed by atoms with E-state index in [4.69, 9.17) is 9.47 Å². The lowest BCUT2D eigenvalue weighted by molar-refractivity contribution is 0.414. The molecular weight excluding hydrogens is 390 g/mol. The lowest BCUT2D eigenvalue weighted by Gasteiger charge is -2.11. The lowest BCUT2D eigenvalue weighted by Crippen LogP contribution is -2.08. The van der Waals surface area contributed by atoms with E-state index in [9.17, 15) is 0 Å². The molecule has 0 aliphatic rings. The zero-order valence-electron chi connectivity index (χ0n) is 17.4. The molecule has 0 aliphatic heterocycles. The third kappa shape index (κ3) is 5.48. The predicted octanol–water partition coefficient (Wildman–Crippen LogP) is 4.97. The minimum atomic E-state index is 0.460. The van der Waals surface area contributed by atoms with Crippen LogP contribution in [0, 0.1) is 0 Å². The average Bonchev–Trinajstić information content (AvgIpc) is 2.81. The van der Waals surface area contributed by atoms with Gasteiger partial charge in [0.25, 0.3) is 0 Å². The van der Waals surface area contributed by atoms with Crippen LogP contribution in [0.15, 0.2) is 78.9 Å². The fourth-order valence-electron chi connectivity index (χ4n) is 2.99. The summed E-state index contributed by atoms with van der Waals surface area (Å²) < 4.78 is 10.5. The molecule has 3 aromatic carbocycles. The Morgan fingerprint density at radius 1 is 0.613 bits per heavy atom. The van der Waals surface area contributed by atoms with Gasteiger partial charge in [-0.25, -0.2) is 0 Å². The predicted molar refractivity (Wildman–Crippen MR) is 122 cm³/mol. The van der Waals surface area contributed by atoms with Gasteiger partial charge >= 0.3 is 0 Å². The van der Waals surface area contributed by atoms with Crippen LogP contribution in [-0.2, 0) is 6.42 Å². The van der Waals surface area contributed by atoms with E-state index in [1.165, 1.54) is 0 Å². The Morgan fingerprint density at radius 3 is 1.68 bits per heavy atom. The monoisotopic (exact) mass is 413 g/mol. The summed E-state index contributed by atoms with van der Waals surface area (Å²) >= 11 is 0. The van der Waals surface area contributed by atoms with Crippen LogP contribution in [0.2, 0.25) is 0 Å². The first kappa shape index (κ1) is 20.2. The van der Waals surface area contributed by atoms with E-state index in [1.807, 2.05) is 78.9 Å². The summed E-state index contributed by atoms with van der Waals surface area (Å²) in [6, 6.07) is 25.2. The largest absolute Gasteiger partial charge is 0.497 e. The number of hydrogen-bond acceptors (Lipinski definition) is 7. The van der Waals surface area contributed by atoms with Gasteiger partial charge in [0.15, 0.2) is 0 Å². The van der Waals surface area contributed by atoms with E-state index in [1.54, 1.807) is 14.2 Å². The molecule has 0 atom stereocenters. The van der Waals surface area contributed by atoms with Gasteiger partial charge < -0.3 is 20.1 Å². The molecular formula is C24H23N5O2. The van der Waals surface area contributed by atoms with Crippen molar-refractivity contribution in [2.45, 2.75) is 6.42 Å².